The molecule has 0 saturated carbocycles. The maximum absolute atomic E-state index is 11.9. The van der Waals surface area contributed by atoms with Crippen molar-refractivity contribution >= 4 is 17.5 Å². The number of carbonyl (C=O) groups is 1. The molecule has 1 rings (SSSR count). The van der Waals surface area contributed by atoms with Gasteiger partial charge in [-0.1, -0.05) is 25.4 Å². The molecule has 0 aliphatic carbocycles. The number of rotatable bonds is 7. The lowest BCUT2D eigenvalue weighted by molar-refractivity contribution is 0.0941. The fourth-order valence-corrected chi connectivity index (χ4v) is 2.11. The molecule has 106 valence electrons. The van der Waals surface area contributed by atoms with Gasteiger partial charge in [-0.15, -0.1) is 0 Å². The Morgan fingerprint density at radius 2 is 2.21 bits per heavy atom. The molecule has 1 unspecified atom stereocenters. The van der Waals surface area contributed by atoms with Crippen molar-refractivity contribution in [3.8, 4) is 0 Å². The summed E-state index contributed by atoms with van der Waals surface area (Å²) in [5.41, 5.74) is 0.497. The van der Waals surface area contributed by atoms with Crippen LogP contribution in [0.5, 0.6) is 0 Å². The predicted octanol–water partition coefficient (Wildman–Crippen LogP) is 2.51. The van der Waals surface area contributed by atoms with Crippen molar-refractivity contribution in [2.45, 2.75) is 26.7 Å². The Hall–Kier alpha value is -1.13. The highest BCUT2D eigenvalue weighted by molar-refractivity contribution is 6.29. The second-order valence-electron chi connectivity index (χ2n) is 5.09. The molecular formula is C14H21ClN2O2. The number of carbonyl (C=O) groups excluding carboxylic acids is 1. The lowest BCUT2D eigenvalue weighted by atomic mass is 9.94. The lowest BCUT2D eigenvalue weighted by Crippen LogP contribution is -2.30. The minimum absolute atomic E-state index is 0.149. The van der Waals surface area contributed by atoms with Crippen LogP contribution in [0.3, 0.4) is 0 Å². The number of pyridine rings is 1. The number of hydrogen-bond donors (Lipinski definition) is 2. The molecule has 0 fully saturated rings. The smallest absolute Gasteiger partial charge is 0.252 e. The number of amides is 1. The molecule has 1 heterocycles. The van der Waals surface area contributed by atoms with E-state index in [9.17, 15) is 4.79 Å². The normalized spacial score (nSPS) is 12.5. The summed E-state index contributed by atoms with van der Waals surface area (Å²) >= 11 is 5.67. The van der Waals surface area contributed by atoms with Crippen molar-refractivity contribution in [2.24, 2.45) is 11.8 Å². The first-order valence-electron chi connectivity index (χ1n) is 6.53. The number of hydrogen-bond acceptors (Lipinski definition) is 3. The van der Waals surface area contributed by atoms with E-state index < -0.39 is 0 Å². The number of aliphatic hydroxyl groups excluding tert-OH is 1. The first kappa shape index (κ1) is 15.9. The SMILES string of the molecule is CC(C)CC(CCO)CNC(=O)c1ccc(Cl)nc1. The number of aliphatic hydroxyl groups is 1. The van der Waals surface area contributed by atoms with Gasteiger partial charge in [0, 0.05) is 19.3 Å². The molecule has 19 heavy (non-hydrogen) atoms. The molecule has 0 saturated heterocycles. The first-order chi connectivity index (χ1) is 9.02. The zero-order chi connectivity index (χ0) is 14.3. The quantitative estimate of drug-likeness (QED) is 0.756. The van der Waals surface area contributed by atoms with Crippen molar-refractivity contribution < 1.29 is 9.90 Å². The van der Waals surface area contributed by atoms with E-state index in [2.05, 4.69) is 24.1 Å². The van der Waals surface area contributed by atoms with E-state index in [0.29, 0.717) is 35.5 Å². The van der Waals surface area contributed by atoms with Crippen LogP contribution in [0.1, 0.15) is 37.0 Å². The third-order valence-electron chi connectivity index (χ3n) is 2.88. The van der Waals surface area contributed by atoms with E-state index in [1.54, 1.807) is 12.1 Å². The summed E-state index contributed by atoms with van der Waals surface area (Å²) in [4.78, 5) is 15.8. The van der Waals surface area contributed by atoms with E-state index in [-0.39, 0.29) is 12.5 Å². The topological polar surface area (TPSA) is 62.2 Å². The van der Waals surface area contributed by atoms with Gasteiger partial charge >= 0.3 is 0 Å². The molecule has 1 atom stereocenters. The standard InChI is InChI=1S/C14H21ClN2O2/c1-10(2)7-11(5-6-18)8-17-14(19)12-3-4-13(15)16-9-12/h3-4,9-11,18H,5-8H2,1-2H3,(H,17,19). The van der Waals surface area contributed by atoms with Crippen LogP contribution in [0.2, 0.25) is 5.15 Å². The van der Waals surface area contributed by atoms with Crippen molar-refractivity contribution in [3.05, 3.63) is 29.0 Å². The van der Waals surface area contributed by atoms with Gasteiger partial charge in [0.05, 0.1) is 5.56 Å². The zero-order valence-electron chi connectivity index (χ0n) is 11.4. The van der Waals surface area contributed by atoms with Crippen LogP contribution >= 0.6 is 11.6 Å². The van der Waals surface area contributed by atoms with Crippen molar-refractivity contribution in [2.75, 3.05) is 13.2 Å². The average Bonchev–Trinajstić information content (AvgIpc) is 2.36. The third kappa shape index (κ3) is 6.03. The van der Waals surface area contributed by atoms with E-state index in [1.807, 2.05) is 0 Å². The highest BCUT2D eigenvalue weighted by atomic mass is 35.5. The lowest BCUT2D eigenvalue weighted by Gasteiger charge is -2.18. The molecule has 2 N–H and O–H groups in total. The molecule has 0 radical (unpaired) electrons. The molecule has 0 spiro atoms. The van der Waals surface area contributed by atoms with Gasteiger partial charge in [0.25, 0.3) is 5.91 Å². The molecule has 4 nitrogen and oxygen atoms in total. The van der Waals surface area contributed by atoms with Crippen molar-refractivity contribution in [3.63, 3.8) is 0 Å². The van der Waals surface area contributed by atoms with Crippen LogP contribution < -0.4 is 5.32 Å². The fraction of sp³-hybridized carbons (Fsp3) is 0.571. The second-order valence-corrected chi connectivity index (χ2v) is 5.47. The van der Waals surface area contributed by atoms with Crippen LogP contribution in [0, 0.1) is 11.8 Å². The predicted molar refractivity (Wildman–Crippen MR) is 76.2 cm³/mol. The molecule has 1 aromatic heterocycles. The van der Waals surface area contributed by atoms with Crippen molar-refractivity contribution in [1.82, 2.24) is 10.3 Å². The van der Waals surface area contributed by atoms with E-state index in [0.717, 1.165) is 6.42 Å². The molecular weight excluding hydrogens is 264 g/mol. The summed E-state index contributed by atoms with van der Waals surface area (Å²) in [6.45, 7) is 4.99. The summed E-state index contributed by atoms with van der Waals surface area (Å²) in [6.07, 6.45) is 3.15. The summed E-state index contributed by atoms with van der Waals surface area (Å²) in [6, 6.07) is 3.24. The van der Waals surface area contributed by atoms with Crippen LogP contribution in [-0.2, 0) is 0 Å². The van der Waals surface area contributed by atoms with Gasteiger partial charge in [-0.25, -0.2) is 4.98 Å². The molecule has 0 aromatic carbocycles. The Morgan fingerprint density at radius 3 is 2.74 bits per heavy atom. The summed E-state index contributed by atoms with van der Waals surface area (Å²) < 4.78 is 0. The van der Waals surface area contributed by atoms with Gasteiger partial charge in [-0.05, 0) is 36.8 Å². The third-order valence-corrected chi connectivity index (χ3v) is 3.11. The summed E-state index contributed by atoms with van der Waals surface area (Å²) in [7, 11) is 0. The van der Waals surface area contributed by atoms with Gasteiger partial charge in [0.15, 0.2) is 0 Å². The summed E-state index contributed by atoms with van der Waals surface area (Å²) in [5, 5.41) is 12.3. The van der Waals surface area contributed by atoms with Crippen LogP contribution in [-0.4, -0.2) is 29.1 Å². The largest absolute Gasteiger partial charge is 0.396 e. The molecule has 0 aliphatic rings. The zero-order valence-corrected chi connectivity index (χ0v) is 12.2. The minimum Gasteiger partial charge on any atom is -0.396 e. The number of aromatic nitrogens is 1. The Morgan fingerprint density at radius 1 is 1.47 bits per heavy atom. The number of nitrogens with zero attached hydrogens (tertiary/aromatic N) is 1. The van der Waals surface area contributed by atoms with Gasteiger partial charge in [-0.2, -0.15) is 0 Å². The maximum Gasteiger partial charge on any atom is 0.252 e. The summed E-state index contributed by atoms with van der Waals surface area (Å²) in [5.74, 6) is 0.690. The Balaban J connectivity index is 2.49. The minimum atomic E-state index is -0.157. The van der Waals surface area contributed by atoms with E-state index in [1.165, 1.54) is 6.20 Å². The van der Waals surface area contributed by atoms with Gasteiger partial charge in [0.2, 0.25) is 0 Å². The molecule has 0 bridgehead atoms. The molecule has 0 aliphatic heterocycles. The van der Waals surface area contributed by atoms with Gasteiger partial charge in [0.1, 0.15) is 5.15 Å². The number of nitrogens with one attached hydrogen (secondary N) is 1. The Labute approximate surface area is 119 Å². The van der Waals surface area contributed by atoms with Crippen LogP contribution in [0.25, 0.3) is 0 Å². The van der Waals surface area contributed by atoms with Crippen LogP contribution in [0.4, 0.5) is 0 Å². The van der Waals surface area contributed by atoms with Gasteiger partial charge in [-0.3, -0.25) is 4.79 Å². The highest BCUT2D eigenvalue weighted by Crippen LogP contribution is 2.14. The first-order valence-corrected chi connectivity index (χ1v) is 6.91. The van der Waals surface area contributed by atoms with Gasteiger partial charge < -0.3 is 10.4 Å². The highest BCUT2D eigenvalue weighted by Gasteiger charge is 2.13. The molecule has 1 amide bonds. The average molecular weight is 285 g/mol. The number of halogens is 1. The van der Waals surface area contributed by atoms with E-state index >= 15 is 0 Å². The van der Waals surface area contributed by atoms with E-state index in [4.69, 9.17) is 16.7 Å². The van der Waals surface area contributed by atoms with Crippen molar-refractivity contribution in [1.29, 1.82) is 0 Å². The molecule has 1 aromatic rings. The Kier molecular flexibility index (Phi) is 6.81. The molecule has 5 heteroatoms. The second kappa shape index (κ2) is 8.12. The fourth-order valence-electron chi connectivity index (χ4n) is 2.00. The maximum atomic E-state index is 11.9. The van der Waals surface area contributed by atoms with Crippen LogP contribution in [0.15, 0.2) is 18.3 Å². The monoisotopic (exact) mass is 284 g/mol. The Bertz CT molecular complexity index is 393.